The Labute approximate surface area is 320 Å². The topological polar surface area (TPSA) is 113 Å². The fourth-order valence-corrected chi connectivity index (χ4v) is 13.5. The van der Waals surface area contributed by atoms with Gasteiger partial charge in [-0.15, -0.1) is 0 Å². The van der Waals surface area contributed by atoms with E-state index in [1.165, 1.54) is 5.57 Å². The highest BCUT2D eigenvalue weighted by Gasteiger charge is 2.73. The van der Waals surface area contributed by atoms with Crippen molar-refractivity contribution in [1.82, 2.24) is 9.80 Å². The number of carbonyl (C=O) groups excluding carboxylic acids is 3. The molecule has 53 heavy (non-hydrogen) atoms. The third-order valence-corrected chi connectivity index (χ3v) is 16.9. The minimum Gasteiger partial charge on any atom is -0.481 e. The highest BCUT2D eigenvalue weighted by Crippen LogP contribution is 2.81. The van der Waals surface area contributed by atoms with E-state index in [-0.39, 0.29) is 58.5 Å². The molecule has 0 aromatic heterocycles. The van der Waals surface area contributed by atoms with Crippen LogP contribution < -0.4 is 0 Å². The molecule has 1 N–H and O–H groups in total. The van der Waals surface area contributed by atoms with Crippen LogP contribution in [-0.4, -0.2) is 92.0 Å². The summed E-state index contributed by atoms with van der Waals surface area (Å²) in [5.74, 6) is -0.484. The van der Waals surface area contributed by atoms with E-state index in [2.05, 4.69) is 48.5 Å². The summed E-state index contributed by atoms with van der Waals surface area (Å²) in [6, 6.07) is 0. The molecule has 0 aromatic rings. The zero-order valence-electron chi connectivity index (χ0n) is 34.8. The van der Waals surface area contributed by atoms with E-state index < -0.39 is 39.6 Å². The summed E-state index contributed by atoms with van der Waals surface area (Å²) in [5, 5.41) is 9.04. The summed E-state index contributed by atoms with van der Waals surface area (Å²) < 4.78 is 12.9. The number of Topliss-reactive ketones (excluding diaryl/α,β-unsaturated/α-hetero) is 1. The van der Waals surface area contributed by atoms with Crippen molar-refractivity contribution in [3.63, 3.8) is 0 Å². The lowest BCUT2D eigenvalue weighted by Gasteiger charge is -2.75. The molecule has 5 aliphatic carbocycles. The van der Waals surface area contributed by atoms with Crippen LogP contribution >= 0.6 is 0 Å². The minimum absolute atomic E-state index is 0.0386. The molecule has 10 heteroatoms. The Morgan fingerprint density at radius 1 is 0.981 bits per heavy atom. The van der Waals surface area contributed by atoms with Crippen molar-refractivity contribution in [2.24, 2.45) is 50.2 Å². The first kappa shape index (κ1) is 40.5. The van der Waals surface area contributed by atoms with Crippen molar-refractivity contribution in [2.45, 2.75) is 157 Å². The van der Waals surface area contributed by atoms with Crippen molar-refractivity contribution in [3.05, 3.63) is 11.1 Å². The Balaban J connectivity index is 1.32. The van der Waals surface area contributed by atoms with Crippen molar-refractivity contribution < 1.29 is 33.8 Å². The van der Waals surface area contributed by atoms with Crippen LogP contribution in [0.25, 0.3) is 0 Å². The summed E-state index contributed by atoms with van der Waals surface area (Å²) in [6.07, 6.45) is 6.46. The van der Waals surface area contributed by atoms with Crippen LogP contribution in [0, 0.1) is 50.2 Å². The highest BCUT2D eigenvalue weighted by atomic mass is 16.5. The van der Waals surface area contributed by atoms with Crippen molar-refractivity contribution in [1.29, 1.82) is 0 Å². The van der Waals surface area contributed by atoms with E-state index in [4.69, 9.17) is 17.3 Å². The standard InChI is InChI=1S/C43H67BN2O7/c1-25(2)34-28(47)21-42(31-23-46(26(3)52-31)32(48)24-45(11)12)19-17-39(8)27(35(34)42)13-14-29-40(39,9)18-20-43(44)38(6,7)30(15-16-41(29,43)10)53-33(49)22-37(4,5)36(50)51/h25-27,29-31H,13-24H2,1-12H3,(H,50,51)/t26?,27-,29+,30+,31+,39-,40-,41-,42+,43?/m1/s1. The van der Waals surface area contributed by atoms with Crippen LogP contribution in [0.15, 0.2) is 11.1 Å². The number of aliphatic carboxylic acids is 1. The van der Waals surface area contributed by atoms with Gasteiger partial charge in [0.05, 0.1) is 38.9 Å². The number of hydrogen-bond donors (Lipinski definition) is 1. The molecule has 4 saturated carbocycles. The predicted molar refractivity (Wildman–Crippen MR) is 205 cm³/mol. The highest BCUT2D eigenvalue weighted by molar-refractivity contribution is 6.16. The Morgan fingerprint density at radius 2 is 1.62 bits per heavy atom. The number of rotatable bonds is 8. The molecule has 9 nitrogen and oxygen atoms in total. The molecular formula is C43H67BN2O7. The fourth-order valence-electron chi connectivity index (χ4n) is 13.5. The maximum atomic E-state index is 14.2. The van der Waals surface area contributed by atoms with Crippen LogP contribution in [0.2, 0.25) is 5.31 Å². The predicted octanol–water partition coefficient (Wildman–Crippen LogP) is 7.23. The molecule has 0 bridgehead atoms. The molecule has 294 valence electrons. The van der Waals surface area contributed by atoms with Gasteiger partial charge in [-0.2, -0.15) is 0 Å². The number of carboxylic acids is 1. The second kappa shape index (κ2) is 12.9. The maximum Gasteiger partial charge on any atom is 0.309 e. The van der Waals surface area contributed by atoms with Crippen LogP contribution in [0.3, 0.4) is 0 Å². The van der Waals surface area contributed by atoms with E-state index >= 15 is 0 Å². The zero-order chi connectivity index (χ0) is 39.5. The molecule has 1 amide bonds. The van der Waals surface area contributed by atoms with Gasteiger partial charge in [0.25, 0.3) is 0 Å². The normalized spacial score (nSPS) is 42.3. The fraction of sp³-hybridized carbons (Fsp3) is 0.860. The average molecular weight is 735 g/mol. The zero-order valence-corrected chi connectivity index (χ0v) is 34.8. The summed E-state index contributed by atoms with van der Waals surface area (Å²) in [4.78, 5) is 56.3. The number of carbonyl (C=O) groups is 4. The molecule has 6 aliphatic rings. The average Bonchev–Trinajstić information content (AvgIpc) is 3.58. The quantitative estimate of drug-likeness (QED) is 0.206. The third-order valence-electron chi connectivity index (χ3n) is 16.9. The Kier molecular flexibility index (Phi) is 9.87. The van der Waals surface area contributed by atoms with Crippen molar-refractivity contribution in [2.75, 3.05) is 27.2 Å². The van der Waals surface area contributed by atoms with Crippen LogP contribution in [-0.2, 0) is 28.7 Å². The largest absolute Gasteiger partial charge is 0.481 e. The molecule has 2 unspecified atom stereocenters. The minimum atomic E-state index is -1.21. The van der Waals surface area contributed by atoms with Crippen molar-refractivity contribution >= 4 is 31.5 Å². The lowest BCUT2D eigenvalue weighted by molar-refractivity contribution is -0.228. The van der Waals surface area contributed by atoms with Gasteiger partial charge in [-0.25, -0.2) is 0 Å². The number of allylic oxidation sites excluding steroid dienone is 1. The van der Waals surface area contributed by atoms with Gasteiger partial charge >= 0.3 is 11.9 Å². The SMILES string of the molecule is [B]C12CC[C@]3(C)[C@H](CC[C@@H]4C5=C(C(C)C)C(=O)C[C@]5([C@@H]5CN(C(=O)CN(C)C)C(C)O5)CC[C@]43C)[C@@]1(C)CC[C@H](OC(=O)CC(C)(C)C(=O)O)C2(C)C. The van der Waals surface area contributed by atoms with Crippen molar-refractivity contribution in [3.8, 4) is 0 Å². The number of nitrogens with zero attached hydrogens (tertiary/aromatic N) is 2. The van der Waals surface area contributed by atoms with Crippen LogP contribution in [0.4, 0.5) is 0 Å². The monoisotopic (exact) mass is 735 g/mol. The second-order valence-electron chi connectivity index (χ2n) is 20.8. The number of ketones is 1. The lowest BCUT2D eigenvalue weighted by atomic mass is 9.25. The smallest absolute Gasteiger partial charge is 0.309 e. The molecule has 0 spiro atoms. The number of likely N-dealkylation sites (N-methyl/N-ethyl adjacent to an activating group) is 1. The molecule has 0 aromatic carbocycles. The number of ether oxygens (including phenoxy) is 2. The van der Waals surface area contributed by atoms with E-state index in [9.17, 15) is 24.3 Å². The summed E-state index contributed by atoms with van der Waals surface area (Å²) in [5.41, 5.74) is -0.0895. The number of fused-ring (bicyclic) bond motifs is 7. The van der Waals surface area contributed by atoms with E-state index in [0.717, 1.165) is 50.5 Å². The first-order valence-corrected chi connectivity index (χ1v) is 20.4. The van der Waals surface area contributed by atoms with Gasteiger partial charge < -0.3 is 24.4 Å². The van der Waals surface area contributed by atoms with E-state index in [0.29, 0.717) is 31.8 Å². The second-order valence-corrected chi connectivity index (χ2v) is 20.8. The van der Waals surface area contributed by atoms with Gasteiger partial charge in [-0.3, -0.25) is 19.2 Å². The van der Waals surface area contributed by atoms with E-state index in [1.54, 1.807) is 13.8 Å². The first-order valence-electron chi connectivity index (χ1n) is 20.4. The first-order chi connectivity index (χ1) is 24.3. The van der Waals surface area contributed by atoms with E-state index in [1.807, 2.05) is 30.8 Å². The molecule has 1 heterocycles. The number of hydrogen-bond acceptors (Lipinski definition) is 7. The van der Waals surface area contributed by atoms with Gasteiger partial charge in [0.2, 0.25) is 5.91 Å². The Hall–Kier alpha value is -2.20. The number of amides is 1. The van der Waals surface area contributed by atoms with Gasteiger partial charge in [0.15, 0.2) is 5.78 Å². The summed E-state index contributed by atoms with van der Waals surface area (Å²) in [7, 11) is 11.6. The lowest BCUT2D eigenvalue weighted by Crippen LogP contribution is -2.68. The van der Waals surface area contributed by atoms with Gasteiger partial charge in [0, 0.05) is 17.3 Å². The third kappa shape index (κ3) is 5.66. The van der Waals surface area contributed by atoms with Gasteiger partial charge in [-0.05, 0) is 119 Å². The van der Waals surface area contributed by atoms with Crippen LogP contribution in [0.1, 0.15) is 133 Å². The van der Waals surface area contributed by atoms with Crippen LogP contribution in [0.5, 0.6) is 0 Å². The molecule has 1 saturated heterocycles. The molecule has 6 rings (SSSR count). The summed E-state index contributed by atoms with van der Waals surface area (Å²) in [6.45, 7) is 22.0. The molecular weight excluding hydrogens is 667 g/mol. The molecule has 2 radical (unpaired) electrons. The molecule has 1 aliphatic heterocycles. The summed E-state index contributed by atoms with van der Waals surface area (Å²) >= 11 is 0. The Morgan fingerprint density at radius 3 is 2.23 bits per heavy atom. The van der Waals surface area contributed by atoms with Gasteiger partial charge in [0.1, 0.15) is 12.3 Å². The number of esters is 1. The maximum absolute atomic E-state index is 14.2. The number of carboxylic acid groups (broad SMARTS) is 1. The Bertz CT molecular complexity index is 1590. The molecule has 5 fully saturated rings. The van der Waals surface area contributed by atoms with Gasteiger partial charge in [-0.1, -0.05) is 65.8 Å². The molecule has 10 atom stereocenters.